The SMILES string of the molecule is CC(C)C(O)CC(O)C(C)C.[Ti]. The van der Waals surface area contributed by atoms with Gasteiger partial charge >= 0.3 is 0 Å². The van der Waals surface area contributed by atoms with Crippen LogP contribution in [0.1, 0.15) is 34.1 Å². The maximum absolute atomic E-state index is 9.39. The Labute approximate surface area is 90.3 Å². The second-order valence-corrected chi connectivity index (χ2v) is 3.86. The molecule has 0 aromatic carbocycles. The fourth-order valence-corrected chi connectivity index (χ4v) is 0.792. The second-order valence-electron chi connectivity index (χ2n) is 3.86. The quantitative estimate of drug-likeness (QED) is 0.685. The summed E-state index contributed by atoms with van der Waals surface area (Å²) in [5.41, 5.74) is 0. The van der Waals surface area contributed by atoms with Gasteiger partial charge in [0, 0.05) is 21.7 Å². The number of hydrogen-bond donors (Lipinski definition) is 2. The molecule has 0 fully saturated rings. The van der Waals surface area contributed by atoms with E-state index in [4.69, 9.17) is 0 Å². The van der Waals surface area contributed by atoms with E-state index in [-0.39, 0.29) is 45.8 Å². The predicted octanol–water partition coefficient (Wildman–Crippen LogP) is 1.41. The van der Waals surface area contributed by atoms with Crippen molar-refractivity contribution in [1.29, 1.82) is 0 Å². The summed E-state index contributed by atoms with van der Waals surface area (Å²) in [6, 6.07) is 0. The van der Waals surface area contributed by atoms with Gasteiger partial charge in [-0.3, -0.25) is 0 Å². The third kappa shape index (κ3) is 6.18. The Bertz CT molecular complexity index is 92.7. The van der Waals surface area contributed by atoms with E-state index in [1.807, 2.05) is 27.7 Å². The first-order valence-electron chi connectivity index (χ1n) is 4.31. The topological polar surface area (TPSA) is 40.5 Å². The molecule has 0 heterocycles. The number of aliphatic hydroxyl groups is 2. The first-order valence-corrected chi connectivity index (χ1v) is 4.31. The van der Waals surface area contributed by atoms with Crippen LogP contribution >= 0.6 is 0 Å². The molecule has 0 spiro atoms. The van der Waals surface area contributed by atoms with Gasteiger partial charge in [0.1, 0.15) is 0 Å². The van der Waals surface area contributed by atoms with E-state index in [1.165, 1.54) is 0 Å². The molecule has 0 radical (unpaired) electrons. The van der Waals surface area contributed by atoms with Crippen molar-refractivity contribution in [3.05, 3.63) is 0 Å². The maximum atomic E-state index is 9.39. The number of rotatable bonds is 4. The molecule has 0 rings (SSSR count). The van der Waals surface area contributed by atoms with E-state index in [0.29, 0.717) is 6.42 Å². The first kappa shape index (κ1) is 15.1. The van der Waals surface area contributed by atoms with Gasteiger partial charge in [0.05, 0.1) is 12.2 Å². The van der Waals surface area contributed by atoms with E-state index in [0.717, 1.165) is 0 Å². The Hall–Kier alpha value is 0.634. The summed E-state index contributed by atoms with van der Waals surface area (Å²) in [4.78, 5) is 0. The summed E-state index contributed by atoms with van der Waals surface area (Å²) in [5, 5.41) is 18.8. The summed E-state index contributed by atoms with van der Waals surface area (Å²) in [6.45, 7) is 7.82. The van der Waals surface area contributed by atoms with Gasteiger partial charge in [-0.2, -0.15) is 0 Å². The smallest absolute Gasteiger partial charge is 0.0587 e. The molecule has 0 amide bonds. The Kier molecular flexibility index (Phi) is 8.92. The van der Waals surface area contributed by atoms with Gasteiger partial charge < -0.3 is 10.2 Å². The monoisotopic (exact) mass is 208 g/mol. The molecular weight excluding hydrogens is 188 g/mol. The predicted molar refractivity (Wildman–Crippen MR) is 46.3 cm³/mol. The number of aliphatic hydroxyl groups excluding tert-OH is 2. The zero-order valence-corrected chi connectivity index (χ0v) is 9.97. The van der Waals surface area contributed by atoms with Crippen LogP contribution < -0.4 is 0 Å². The van der Waals surface area contributed by atoms with E-state index in [2.05, 4.69) is 0 Å². The van der Waals surface area contributed by atoms with Gasteiger partial charge in [0.2, 0.25) is 0 Å². The molecule has 0 saturated heterocycles. The third-order valence-electron chi connectivity index (χ3n) is 2.02. The van der Waals surface area contributed by atoms with Crippen LogP contribution in [-0.4, -0.2) is 22.4 Å². The Morgan fingerprint density at radius 3 is 1.25 bits per heavy atom. The summed E-state index contributed by atoms with van der Waals surface area (Å²) in [7, 11) is 0. The number of hydrogen-bond acceptors (Lipinski definition) is 2. The average molecular weight is 208 g/mol. The third-order valence-corrected chi connectivity index (χ3v) is 2.02. The summed E-state index contributed by atoms with van der Waals surface area (Å²) in [5.74, 6) is 0.479. The molecule has 0 aliphatic heterocycles. The molecule has 2 N–H and O–H groups in total. The fraction of sp³-hybridized carbons (Fsp3) is 1.00. The largest absolute Gasteiger partial charge is 0.393 e. The fourth-order valence-electron chi connectivity index (χ4n) is 0.792. The molecule has 2 nitrogen and oxygen atoms in total. The standard InChI is InChI=1S/C9H20O2.Ti/c1-6(2)8(10)5-9(11)7(3)4;/h6-11H,5H2,1-4H3;. The molecule has 72 valence electrons. The van der Waals surface area contributed by atoms with Gasteiger partial charge in [-0.1, -0.05) is 27.7 Å². The van der Waals surface area contributed by atoms with Crippen LogP contribution in [-0.2, 0) is 21.7 Å². The molecule has 2 atom stereocenters. The van der Waals surface area contributed by atoms with E-state index in [9.17, 15) is 10.2 Å². The summed E-state index contributed by atoms with van der Waals surface area (Å²) in [6.07, 6.45) is -0.241. The molecule has 12 heavy (non-hydrogen) atoms. The van der Waals surface area contributed by atoms with Crippen LogP contribution in [0, 0.1) is 11.8 Å². The van der Waals surface area contributed by atoms with Crippen LogP contribution in [0.4, 0.5) is 0 Å². The molecule has 0 aromatic rings. The van der Waals surface area contributed by atoms with Crippen LogP contribution in [0.3, 0.4) is 0 Å². The Balaban J connectivity index is 0. The normalized spacial score (nSPS) is 16.0. The molecule has 0 aliphatic rings. The van der Waals surface area contributed by atoms with Crippen molar-refractivity contribution in [2.45, 2.75) is 46.3 Å². The van der Waals surface area contributed by atoms with Crippen LogP contribution in [0.2, 0.25) is 0 Å². The van der Waals surface area contributed by atoms with Crippen molar-refractivity contribution in [2.24, 2.45) is 11.8 Å². The summed E-state index contributed by atoms with van der Waals surface area (Å²) >= 11 is 0. The molecule has 3 heteroatoms. The average Bonchev–Trinajstić information content (AvgIpc) is 1.87. The minimum atomic E-state index is -0.368. The zero-order valence-electron chi connectivity index (χ0n) is 8.41. The van der Waals surface area contributed by atoms with Crippen molar-refractivity contribution >= 4 is 0 Å². The summed E-state index contributed by atoms with van der Waals surface area (Å²) < 4.78 is 0. The van der Waals surface area contributed by atoms with Crippen molar-refractivity contribution < 1.29 is 31.9 Å². The van der Waals surface area contributed by atoms with Crippen molar-refractivity contribution in [3.8, 4) is 0 Å². The van der Waals surface area contributed by atoms with Crippen LogP contribution in [0.5, 0.6) is 0 Å². The van der Waals surface area contributed by atoms with E-state index >= 15 is 0 Å². The molecule has 0 aromatic heterocycles. The minimum absolute atomic E-state index is 0. The van der Waals surface area contributed by atoms with E-state index in [1.54, 1.807) is 0 Å². The molecule has 2 unspecified atom stereocenters. The van der Waals surface area contributed by atoms with Gasteiger partial charge in [-0.15, -0.1) is 0 Å². The molecule has 0 bridgehead atoms. The molecule has 0 aliphatic carbocycles. The van der Waals surface area contributed by atoms with Crippen LogP contribution in [0.25, 0.3) is 0 Å². The van der Waals surface area contributed by atoms with Crippen molar-refractivity contribution in [1.82, 2.24) is 0 Å². The van der Waals surface area contributed by atoms with Crippen molar-refractivity contribution in [3.63, 3.8) is 0 Å². The second kappa shape index (κ2) is 7.08. The van der Waals surface area contributed by atoms with Gasteiger partial charge in [0.25, 0.3) is 0 Å². The molecule has 0 saturated carbocycles. The Morgan fingerprint density at radius 2 is 1.08 bits per heavy atom. The zero-order chi connectivity index (χ0) is 9.02. The van der Waals surface area contributed by atoms with Gasteiger partial charge in [0.15, 0.2) is 0 Å². The van der Waals surface area contributed by atoms with E-state index < -0.39 is 0 Å². The molecular formula is C9H20O2Ti. The van der Waals surface area contributed by atoms with Gasteiger partial charge in [-0.25, -0.2) is 0 Å². The minimum Gasteiger partial charge on any atom is -0.393 e. The van der Waals surface area contributed by atoms with Crippen LogP contribution in [0.15, 0.2) is 0 Å². The van der Waals surface area contributed by atoms with Crippen molar-refractivity contribution in [2.75, 3.05) is 0 Å². The van der Waals surface area contributed by atoms with Gasteiger partial charge in [-0.05, 0) is 18.3 Å². The maximum Gasteiger partial charge on any atom is 0.0587 e. The first-order chi connectivity index (χ1) is 4.95. The Morgan fingerprint density at radius 1 is 0.833 bits per heavy atom.